The summed E-state index contributed by atoms with van der Waals surface area (Å²) in [6.45, 7) is 1.74. The van der Waals surface area contributed by atoms with Crippen molar-refractivity contribution in [1.82, 2.24) is 18.9 Å². The van der Waals surface area contributed by atoms with Crippen molar-refractivity contribution in [1.29, 1.82) is 0 Å². The lowest BCUT2D eigenvalue weighted by molar-refractivity contribution is 0.453. The van der Waals surface area contributed by atoms with Gasteiger partial charge in [0.15, 0.2) is 5.58 Å². The normalized spacial score (nSPS) is 12.6. The van der Waals surface area contributed by atoms with Crippen molar-refractivity contribution < 1.29 is 22.3 Å². The maximum Gasteiger partial charge on any atom is 0.420 e. The van der Waals surface area contributed by atoms with Crippen molar-refractivity contribution in [2.75, 3.05) is 4.72 Å². The fraction of sp³-hybridized carbons (Fsp3) is 0.0909. The van der Waals surface area contributed by atoms with E-state index in [4.69, 9.17) is 4.42 Å². The van der Waals surface area contributed by atoms with Gasteiger partial charge >= 0.3 is 5.76 Å². The van der Waals surface area contributed by atoms with E-state index in [0.717, 1.165) is 46.7 Å². The molecular weight excluding hydrogens is 497 g/mol. The molecule has 0 unspecified atom stereocenters. The van der Waals surface area contributed by atoms with Crippen LogP contribution in [0.3, 0.4) is 0 Å². The summed E-state index contributed by atoms with van der Waals surface area (Å²) in [5.74, 6) is -1.92. The van der Waals surface area contributed by atoms with Crippen molar-refractivity contribution in [3.8, 4) is 17.0 Å². The minimum Gasteiger partial charge on any atom is -0.493 e. The van der Waals surface area contributed by atoms with Gasteiger partial charge in [0, 0.05) is 41.5 Å². The second-order valence-corrected chi connectivity index (χ2v) is 9.98. The highest BCUT2D eigenvalue weighted by molar-refractivity contribution is 7.93. The van der Waals surface area contributed by atoms with E-state index in [1.807, 2.05) is 12.1 Å². The van der Waals surface area contributed by atoms with Crippen molar-refractivity contribution in [3.63, 3.8) is 0 Å². The highest BCUT2D eigenvalue weighted by Gasteiger charge is 2.25. The standard InChI is InChI=1S/C22H16FN5O5S2/c1-12(13-3-2-4-14(7-13)15-5-6-20(29)24-10-15)28-17-8-16(23)19(9-18(17)33-22(28)30)35(31,32)27-21-25-11-26-34-21/h2-12H,1H3,(H,24,29)(H,25,26,27)/t12-/m1/s1. The first kappa shape index (κ1) is 22.7. The van der Waals surface area contributed by atoms with Gasteiger partial charge in [-0.25, -0.2) is 27.6 Å². The number of aromatic nitrogens is 4. The fourth-order valence-electron chi connectivity index (χ4n) is 3.68. The number of oxazole rings is 1. The molecule has 0 bridgehead atoms. The van der Waals surface area contributed by atoms with Crippen LogP contribution in [0.5, 0.6) is 5.88 Å². The molecule has 0 saturated carbocycles. The quantitative estimate of drug-likeness (QED) is 0.350. The Bertz CT molecular complexity index is 1700. The summed E-state index contributed by atoms with van der Waals surface area (Å²) in [5, 5.41) is 9.39. The summed E-state index contributed by atoms with van der Waals surface area (Å²) in [4.78, 5) is 19.7. The van der Waals surface area contributed by atoms with Gasteiger partial charge in [0.1, 0.15) is 17.0 Å². The monoisotopic (exact) mass is 513 g/mol. The van der Waals surface area contributed by atoms with Crippen LogP contribution >= 0.6 is 11.5 Å². The Morgan fingerprint density at radius 1 is 1.14 bits per heavy atom. The number of nitrogens with one attached hydrogen (secondary N) is 1. The smallest absolute Gasteiger partial charge is 0.420 e. The molecule has 0 aliphatic heterocycles. The molecule has 3 aromatic heterocycles. The van der Waals surface area contributed by atoms with E-state index in [0.29, 0.717) is 0 Å². The maximum absolute atomic E-state index is 15.0. The summed E-state index contributed by atoms with van der Waals surface area (Å²) in [7, 11) is -4.33. The van der Waals surface area contributed by atoms with Crippen molar-refractivity contribution in [2.24, 2.45) is 0 Å². The molecule has 0 spiro atoms. The highest BCUT2D eigenvalue weighted by Crippen LogP contribution is 2.30. The number of halogens is 1. The van der Waals surface area contributed by atoms with Crippen LogP contribution in [-0.2, 0) is 10.0 Å². The molecule has 2 aromatic carbocycles. The average Bonchev–Trinajstić information content (AvgIpc) is 3.44. The number of hydrogen-bond donors (Lipinski definition) is 2. The Labute approximate surface area is 201 Å². The number of rotatable bonds is 6. The molecule has 2 N–H and O–H groups in total. The molecule has 0 amide bonds. The zero-order valence-electron chi connectivity index (χ0n) is 17.9. The molecular formula is C22H16FN5O5S2. The third-order valence-corrected chi connectivity index (χ3v) is 7.44. The third kappa shape index (κ3) is 4.26. The van der Waals surface area contributed by atoms with Crippen molar-refractivity contribution in [2.45, 2.75) is 17.9 Å². The van der Waals surface area contributed by atoms with Gasteiger partial charge in [-0.05, 0) is 30.2 Å². The first-order valence-corrected chi connectivity index (χ1v) is 12.4. The lowest BCUT2D eigenvalue weighted by Gasteiger charge is -2.15. The lowest BCUT2D eigenvalue weighted by Crippen LogP contribution is -2.19. The molecule has 13 heteroatoms. The summed E-state index contributed by atoms with van der Waals surface area (Å²) in [5.41, 5.74) is 2.29. The van der Waals surface area contributed by atoms with Gasteiger partial charge < -0.3 is 9.52 Å². The summed E-state index contributed by atoms with van der Waals surface area (Å²) < 4.78 is 52.6. The largest absolute Gasteiger partial charge is 0.493 e. The van der Waals surface area contributed by atoms with E-state index in [2.05, 4.69) is 19.1 Å². The van der Waals surface area contributed by atoms with E-state index >= 15 is 0 Å². The number of pyridine rings is 1. The number of aromatic hydroxyl groups is 1. The molecule has 0 saturated heterocycles. The minimum atomic E-state index is -4.33. The lowest BCUT2D eigenvalue weighted by atomic mass is 10.0. The number of anilines is 1. The zero-order chi connectivity index (χ0) is 24.7. The van der Waals surface area contributed by atoms with Gasteiger partial charge in [-0.2, -0.15) is 4.37 Å². The van der Waals surface area contributed by atoms with Crippen LogP contribution in [0.1, 0.15) is 18.5 Å². The van der Waals surface area contributed by atoms with Gasteiger partial charge in [-0.15, -0.1) is 0 Å². The highest BCUT2D eigenvalue weighted by atomic mass is 32.2. The summed E-state index contributed by atoms with van der Waals surface area (Å²) in [6, 6.07) is 11.8. The SMILES string of the molecule is C[C@H](c1cccc(-c2ccc(O)nc2)c1)n1c(=O)oc2cc(S(=O)(=O)Nc3ncns3)c(F)cc21. The number of benzene rings is 2. The Kier molecular flexibility index (Phi) is 5.57. The summed E-state index contributed by atoms with van der Waals surface area (Å²) >= 11 is 0.794. The third-order valence-electron chi connectivity index (χ3n) is 5.38. The molecule has 0 radical (unpaired) electrons. The maximum atomic E-state index is 15.0. The topological polar surface area (TPSA) is 140 Å². The Morgan fingerprint density at radius 3 is 2.69 bits per heavy atom. The van der Waals surface area contributed by atoms with Crippen LogP contribution in [0.4, 0.5) is 9.52 Å². The molecule has 0 aliphatic rings. The van der Waals surface area contributed by atoms with E-state index in [1.54, 1.807) is 25.1 Å². The summed E-state index contributed by atoms with van der Waals surface area (Å²) in [6.07, 6.45) is 2.68. The van der Waals surface area contributed by atoms with Gasteiger partial charge in [0.2, 0.25) is 11.0 Å². The zero-order valence-corrected chi connectivity index (χ0v) is 19.5. The number of sulfonamides is 1. The van der Waals surface area contributed by atoms with Gasteiger partial charge in [-0.1, -0.05) is 18.2 Å². The van der Waals surface area contributed by atoms with E-state index in [1.165, 1.54) is 16.8 Å². The second-order valence-electron chi connectivity index (χ2n) is 7.55. The average molecular weight is 514 g/mol. The van der Waals surface area contributed by atoms with Gasteiger partial charge in [0.25, 0.3) is 10.0 Å². The number of nitrogens with zero attached hydrogens (tertiary/aromatic N) is 4. The number of hydrogen-bond acceptors (Lipinski definition) is 9. The minimum absolute atomic E-state index is 0.0270. The molecule has 1 atom stereocenters. The molecule has 0 aliphatic carbocycles. The molecule has 10 nitrogen and oxygen atoms in total. The first-order valence-electron chi connectivity index (χ1n) is 10.1. The predicted octanol–water partition coefficient (Wildman–Crippen LogP) is 3.76. The van der Waals surface area contributed by atoms with Crippen molar-refractivity contribution >= 4 is 37.8 Å². The molecule has 5 aromatic rings. The predicted molar refractivity (Wildman–Crippen MR) is 126 cm³/mol. The van der Waals surface area contributed by atoms with Crippen LogP contribution in [0.15, 0.2) is 75.2 Å². The van der Waals surface area contributed by atoms with Gasteiger partial charge in [-0.3, -0.25) is 9.29 Å². The van der Waals surface area contributed by atoms with Crippen LogP contribution in [0.2, 0.25) is 0 Å². The Hall–Kier alpha value is -4.10. The molecule has 178 valence electrons. The van der Waals surface area contributed by atoms with E-state index in [9.17, 15) is 22.7 Å². The second kappa shape index (κ2) is 8.60. The van der Waals surface area contributed by atoms with Crippen molar-refractivity contribution in [3.05, 3.63) is 83.0 Å². The van der Waals surface area contributed by atoms with Crippen LogP contribution in [-0.4, -0.2) is 32.4 Å². The van der Waals surface area contributed by atoms with Crippen LogP contribution in [0.25, 0.3) is 22.2 Å². The molecule has 5 rings (SSSR count). The Morgan fingerprint density at radius 2 is 1.97 bits per heavy atom. The number of fused-ring (bicyclic) bond motifs is 1. The van der Waals surface area contributed by atoms with Crippen LogP contribution < -0.4 is 10.5 Å². The van der Waals surface area contributed by atoms with Gasteiger partial charge in [0.05, 0.1) is 11.6 Å². The first-order chi connectivity index (χ1) is 16.7. The van der Waals surface area contributed by atoms with E-state index in [-0.39, 0.29) is 22.1 Å². The molecule has 35 heavy (non-hydrogen) atoms. The molecule has 0 fully saturated rings. The fourth-order valence-corrected chi connectivity index (χ4v) is 5.42. The van der Waals surface area contributed by atoms with Crippen LogP contribution in [0, 0.1) is 5.82 Å². The van der Waals surface area contributed by atoms with E-state index < -0.39 is 32.5 Å². The Balaban J connectivity index is 1.55. The molecule has 3 heterocycles.